The summed E-state index contributed by atoms with van der Waals surface area (Å²) in [6.45, 7) is 44.0. The molecule has 0 aliphatic carbocycles. The van der Waals surface area contributed by atoms with Crippen LogP contribution in [-0.4, -0.2) is 19.9 Å². The summed E-state index contributed by atoms with van der Waals surface area (Å²) < 4.78 is 8.98. The van der Waals surface area contributed by atoms with Gasteiger partial charge in [0.05, 0.1) is 43.8 Å². The monoisotopic (exact) mass is 1540 g/mol. The standard InChI is InChI=1S/C29H33N2.C28H31N2.C27H29N2.C25H25N2/c1-19-15-20(2)21(3)27(16-19)28-26-10-8-9-24(25(26)13-14-31(28)7)22-11-12-23(30-18-22)17-29(4,5)6;1-18(2)14-23-11-10-22(17-29-23)24-8-7-9-26-25(24)12-13-30(6)28(26)27-16-19(3)15-20(4)21(27)5;1-17(2)26-11-10-21(16-28-26)22-8-7-9-24-23(22)12-13-29(6)27(24)25-15-18(3)14-19(4)20(25)5;1-16-13-17(2)19(4)24(14-16)25-23-8-6-7-21(22(23)11-12-27(25)5)20-10-9-18(3)26-15-20/h8-16,18H,17H2,1-7H3;7-13,15-18H,14H2,1-6H3;7-17H,1-6H3;6-15H,1-5H3/q4*+1. The number of aromatic nitrogens is 8. The first-order valence-corrected chi connectivity index (χ1v) is 41.6. The molecule has 0 atom stereocenters. The van der Waals surface area contributed by atoms with Gasteiger partial charge in [-0.3, -0.25) is 19.9 Å². The summed E-state index contributed by atoms with van der Waals surface area (Å²) in [7, 11) is 8.55. The predicted molar refractivity (Wildman–Crippen MR) is 493 cm³/mol. The third-order valence-electron chi connectivity index (χ3n) is 23.5. The lowest BCUT2D eigenvalue weighted by Gasteiger charge is -2.17. The maximum atomic E-state index is 4.78. The average Bonchev–Trinajstić information content (AvgIpc) is 0.773. The van der Waals surface area contributed by atoms with Gasteiger partial charge < -0.3 is 0 Å². The molecule has 8 heteroatoms. The molecule has 0 fully saturated rings. The van der Waals surface area contributed by atoms with Gasteiger partial charge in [-0.25, -0.2) is 18.3 Å². The normalized spacial score (nSPS) is 11.5. The molecule has 8 aromatic carbocycles. The lowest BCUT2D eigenvalue weighted by Crippen LogP contribution is -2.31. The van der Waals surface area contributed by atoms with Gasteiger partial charge >= 0.3 is 0 Å². The molecule has 8 heterocycles. The minimum Gasteiger partial charge on any atom is -0.261 e. The molecule has 8 aromatic heterocycles. The van der Waals surface area contributed by atoms with Crippen molar-refractivity contribution in [3.8, 4) is 89.5 Å². The quantitative estimate of drug-likeness (QED) is 0.114. The van der Waals surface area contributed by atoms with Crippen LogP contribution in [-0.2, 0) is 41.0 Å². The van der Waals surface area contributed by atoms with E-state index in [0.717, 1.165) is 46.7 Å². The number of aryl methyl sites for hydroxylation is 13. The molecular weight excluding hydrogens is 1420 g/mol. The molecule has 590 valence electrons. The molecule has 0 saturated carbocycles. The number of pyridine rings is 8. The number of nitrogens with zero attached hydrogens (tertiary/aromatic N) is 8. The van der Waals surface area contributed by atoms with Crippen LogP contribution in [0.5, 0.6) is 0 Å². The molecular formula is C109H118N8+4. The molecule has 0 unspecified atom stereocenters. The molecule has 16 rings (SSSR count). The summed E-state index contributed by atoms with van der Waals surface area (Å²) in [6.07, 6.45) is 18.7. The van der Waals surface area contributed by atoms with E-state index in [4.69, 9.17) is 15.0 Å². The van der Waals surface area contributed by atoms with Gasteiger partial charge in [0, 0.05) is 116 Å². The third kappa shape index (κ3) is 18.0. The van der Waals surface area contributed by atoms with Crippen molar-refractivity contribution in [1.82, 2.24) is 19.9 Å². The number of fused-ring (bicyclic) bond motifs is 4. The second-order valence-electron chi connectivity index (χ2n) is 34.9. The van der Waals surface area contributed by atoms with E-state index in [1.165, 1.54) is 188 Å². The average molecular weight is 1540 g/mol. The Morgan fingerprint density at radius 1 is 0.291 bits per heavy atom. The molecule has 8 nitrogen and oxygen atoms in total. The summed E-state index contributed by atoms with van der Waals surface area (Å²) in [4.78, 5) is 18.7. The van der Waals surface area contributed by atoms with E-state index in [0.29, 0.717) is 11.8 Å². The molecule has 0 radical (unpaired) electrons. The van der Waals surface area contributed by atoms with E-state index in [1.807, 2.05) is 31.7 Å². The molecule has 117 heavy (non-hydrogen) atoms. The largest absolute Gasteiger partial charge is 0.261 e. The first-order chi connectivity index (χ1) is 55.8. The molecule has 16 aromatic rings. The smallest absolute Gasteiger partial charge is 0.220 e. The molecule has 0 bridgehead atoms. The van der Waals surface area contributed by atoms with Gasteiger partial charge in [0.15, 0.2) is 24.8 Å². The van der Waals surface area contributed by atoms with Crippen LogP contribution in [0.1, 0.15) is 144 Å². The van der Waals surface area contributed by atoms with Gasteiger partial charge in [-0.2, -0.15) is 0 Å². The van der Waals surface area contributed by atoms with Crippen LogP contribution in [0.4, 0.5) is 0 Å². The van der Waals surface area contributed by atoms with Crippen molar-refractivity contribution in [3.05, 3.63) is 333 Å². The highest BCUT2D eigenvalue weighted by atomic mass is 14.9. The fourth-order valence-electron chi connectivity index (χ4n) is 17.0. The van der Waals surface area contributed by atoms with Gasteiger partial charge in [0.2, 0.25) is 22.8 Å². The van der Waals surface area contributed by atoms with E-state index in [-0.39, 0.29) is 5.41 Å². The number of hydrogen-bond donors (Lipinski definition) is 0. The van der Waals surface area contributed by atoms with Crippen molar-refractivity contribution in [1.29, 1.82) is 0 Å². The van der Waals surface area contributed by atoms with Crippen LogP contribution >= 0.6 is 0 Å². The van der Waals surface area contributed by atoms with Crippen LogP contribution in [0.15, 0.2) is 244 Å². The summed E-state index contributed by atoms with van der Waals surface area (Å²) in [5, 5.41) is 10.1. The van der Waals surface area contributed by atoms with E-state index in [1.54, 1.807) is 0 Å². The zero-order valence-electron chi connectivity index (χ0n) is 73.7. The number of hydrogen-bond acceptors (Lipinski definition) is 4. The fourth-order valence-corrected chi connectivity index (χ4v) is 17.0. The zero-order valence-corrected chi connectivity index (χ0v) is 73.7. The van der Waals surface area contributed by atoms with Crippen molar-refractivity contribution in [2.45, 2.75) is 157 Å². The van der Waals surface area contributed by atoms with E-state index in [2.05, 4.69) is 402 Å². The van der Waals surface area contributed by atoms with Crippen molar-refractivity contribution in [2.75, 3.05) is 0 Å². The lowest BCUT2D eigenvalue weighted by atomic mass is 9.90. The molecule has 0 spiro atoms. The van der Waals surface area contributed by atoms with E-state index >= 15 is 0 Å². The number of benzene rings is 8. The summed E-state index contributed by atoms with van der Waals surface area (Å²) in [6, 6.07) is 71.0. The van der Waals surface area contributed by atoms with Crippen molar-refractivity contribution >= 4 is 43.1 Å². The summed E-state index contributed by atoms with van der Waals surface area (Å²) in [5.41, 5.74) is 40.5. The Morgan fingerprint density at radius 3 is 0.838 bits per heavy atom. The Bertz CT molecular complexity index is 6400. The first kappa shape index (κ1) is 83.0. The predicted octanol–water partition coefficient (Wildman–Crippen LogP) is 25.5. The Labute approximate surface area is 696 Å². The summed E-state index contributed by atoms with van der Waals surface area (Å²) in [5.74, 6) is 1.05. The van der Waals surface area contributed by atoms with Crippen LogP contribution in [0.25, 0.3) is 133 Å². The van der Waals surface area contributed by atoms with Gasteiger partial charge in [0.1, 0.15) is 28.2 Å². The molecule has 0 amide bonds. The second kappa shape index (κ2) is 34.8. The van der Waals surface area contributed by atoms with Gasteiger partial charge in [-0.1, -0.05) is 168 Å². The van der Waals surface area contributed by atoms with Crippen LogP contribution in [0, 0.1) is 101 Å². The van der Waals surface area contributed by atoms with Crippen molar-refractivity contribution < 1.29 is 18.3 Å². The highest BCUT2D eigenvalue weighted by Crippen LogP contribution is 2.41. The maximum absolute atomic E-state index is 4.78. The molecule has 0 saturated heterocycles. The van der Waals surface area contributed by atoms with Crippen molar-refractivity contribution in [2.24, 2.45) is 39.5 Å². The minimum absolute atomic E-state index is 0.238. The van der Waals surface area contributed by atoms with Gasteiger partial charge in [-0.05, 0) is 260 Å². The Hall–Kier alpha value is -12.0. The van der Waals surface area contributed by atoms with Crippen LogP contribution in [0.3, 0.4) is 0 Å². The Balaban J connectivity index is 0.000000136. The lowest BCUT2D eigenvalue weighted by molar-refractivity contribution is -0.659. The van der Waals surface area contributed by atoms with E-state index in [9.17, 15) is 0 Å². The highest BCUT2D eigenvalue weighted by Gasteiger charge is 2.26. The van der Waals surface area contributed by atoms with Gasteiger partial charge in [-0.15, -0.1) is 0 Å². The Morgan fingerprint density at radius 2 is 0.581 bits per heavy atom. The fraction of sp³-hybridized carbons (Fsp3) is 0.266. The van der Waals surface area contributed by atoms with E-state index < -0.39 is 0 Å². The van der Waals surface area contributed by atoms with Crippen molar-refractivity contribution in [3.63, 3.8) is 0 Å². The SMILES string of the molecule is Cc1cc(C)c(C)c(-c2c3cccc(-c4ccc(C(C)C)nc4)c3cc[n+]2C)c1.Cc1cc(C)c(C)c(-c2c3cccc(-c4ccc(C)nc4)c3cc[n+]2C)c1.Cc1cc(C)c(C)c(-c2c3cccc(-c4ccc(CC(C)(C)C)nc4)c3cc[n+]2C)c1.Cc1cc(C)c(C)c(-c2c3cccc(-c4ccc(CC(C)C)nc4)c3cc[n+]2C)c1. The number of rotatable bonds is 12. The Kier molecular flexibility index (Phi) is 24.7. The first-order valence-electron chi connectivity index (χ1n) is 41.6. The molecule has 0 aliphatic rings. The second-order valence-corrected chi connectivity index (χ2v) is 34.9. The molecule has 0 N–H and O–H groups in total. The third-order valence-corrected chi connectivity index (χ3v) is 23.5. The molecule has 0 aliphatic heterocycles. The highest BCUT2D eigenvalue weighted by molar-refractivity contribution is 6.06. The summed E-state index contributed by atoms with van der Waals surface area (Å²) >= 11 is 0. The maximum Gasteiger partial charge on any atom is 0.220 e. The minimum atomic E-state index is 0.238. The topological polar surface area (TPSA) is 67.1 Å². The van der Waals surface area contributed by atoms with Gasteiger partial charge in [0.25, 0.3) is 0 Å². The van der Waals surface area contributed by atoms with Crippen LogP contribution in [0.2, 0.25) is 0 Å². The van der Waals surface area contributed by atoms with Crippen LogP contribution < -0.4 is 18.3 Å². The zero-order chi connectivity index (χ0) is 83.6.